The fourth-order valence-corrected chi connectivity index (χ4v) is 1.76. The van der Waals surface area contributed by atoms with Gasteiger partial charge in [-0.05, 0) is 28.2 Å². The van der Waals surface area contributed by atoms with Gasteiger partial charge in [0.1, 0.15) is 0 Å². The Hall–Kier alpha value is -1.47. The van der Waals surface area contributed by atoms with E-state index < -0.39 is 0 Å². The molecule has 0 atom stereocenters. The topological polar surface area (TPSA) is 0 Å². The second-order valence-electron chi connectivity index (χ2n) is 3.27. The molecule has 0 aliphatic rings. The average molecular weight is 212 g/mol. The molecule has 2 rings (SSSR count). The van der Waals surface area contributed by atoms with Crippen molar-refractivity contribution in [3.05, 3.63) is 65.6 Å². The molecule has 0 amide bonds. The van der Waals surface area contributed by atoms with Crippen LogP contribution in [0.15, 0.2) is 60.0 Å². The summed E-state index contributed by atoms with van der Waals surface area (Å²) >= 11 is 4.11. The zero-order valence-electron chi connectivity index (χ0n) is 8.30. The number of thiol groups is 1. The van der Waals surface area contributed by atoms with Crippen LogP contribution in [-0.4, -0.2) is 0 Å². The van der Waals surface area contributed by atoms with E-state index in [-0.39, 0.29) is 0 Å². The first-order valence-corrected chi connectivity index (χ1v) is 5.38. The van der Waals surface area contributed by atoms with Gasteiger partial charge in [-0.15, -0.1) is 0 Å². The zero-order chi connectivity index (χ0) is 10.5. The van der Waals surface area contributed by atoms with Crippen LogP contribution in [0.2, 0.25) is 0 Å². The molecule has 0 aliphatic carbocycles. The minimum atomic E-state index is 1.19. The number of hydrogen-bond acceptors (Lipinski definition) is 1. The van der Waals surface area contributed by atoms with Crippen LogP contribution in [0.1, 0.15) is 5.56 Å². The molecule has 0 aromatic heterocycles. The minimum absolute atomic E-state index is 1.19. The number of benzene rings is 2. The zero-order valence-corrected chi connectivity index (χ0v) is 9.19. The molecule has 15 heavy (non-hydrogen) atoms. The molecule has 0 aliphatic heterocycles. The fraction of sp³-hybridized carbons (Fsp3) is 0. The summed E-state index contributed by atoms with van der Waals surface area (Å²) in [6, 6.07) is 18.7. The van der Waals surface area contributed by atoms with E-state index in [9.17, 15) is 0 Å². The predicted octanol–water partition coefficient (Wildman–Crippen LogP) is 4.25. The van der Waals surface area contributed by atoms with E-state index in [1.807, 2.05) is 18.2 Å². The fourth-order valence-electron chi connectivity index (χ4n) is 1.60. The van der Waals surface area contributed by atoms with Gasteiger partial charge >= 0.3 is 0 Å². The molecule has 0 saturated carbocycles. The summed E-state index contributed by atoms with van der Waals surface area (Å²) in [4.78, 5) is 0. The Bertz CT molecular complexity index is 458. The SMILES string of the molecule is S/C=C\c1ccccc1-c1ccccc1. The van der Waals surface area contributed by atoms with Crippen molar-refractivity contribution in [3.63, 3.8) is 0 Å². The molecular formula is C14H12S. The summed E-state index contributed by atoms with van der Waals surface area (Å²) in [6.07, 6.45) is 2.01. The normalized spacial score (nSPS) is 10.7. The van der Waals surface area contributed by atoms with Gasteiger partial charge in [0.2, 0.25) is 0 Å². The van der Waals surface area contributed by atoms with Crippen molar-refractivity contribution in [2.45, 2.75) is 0 Å². The quantitative estimate of drug-likeness (QED) is 0.707. The first-order chi connectivity index (χ1) is 7.42. The van der Waals surface area contributed by atoms with Gasteiger partial charge in [-0.1, -0.05) is 54.6 Å². The molecule has 0 bridgehead atoms. The summed E-state index contributed by atoms with van der Waals surface area (Å²) in [5.41, 5.74) is 3.67. The third kappa shape index (κ3) is 2.31. The van der Waals surface area contributed by atoms with Crippen LogP contribution in [0, 0.1) is 0 Å². The van der Waals surface area contributed by atoms with E-state index in [2.05, 4.69) is 55.1 Å². The largest absolute Gasteiger partial charge is 0.151 e. The maximum absolute atomic E-state index is 4.11. The first-order valence-electron chi connectivity index (χ1n) is 4.87. The van der Waals surface area contributed by atoms with Gasteiger partial charge in [-0.25, -0.2) is 0 Å². The van der Waals surface area contributed by atoms with Crippen LogP contribution in [0.4, 0.5) is 0 Å². The predicted molar refractivity (Wildman–Crippen MR) is 69.9 cm³/mol. The summed E-state index contributed by atoms with van der Waals surface area (Å²) < 4.78 is 0. The molecule has 0 nitrogen and oxygen atoms in total. The van der Waals surface area contributed by atoms with E-state index in [1.165, 1.54) is 16.7 Å². The highest BCUT2D eigenvalue weighted by molar-refractivity contribution is 7.83. The summed E-state index contributed by atoms with van der Waals surface area (Å²) in [6.45, 7) is 0. The molecule has 1 heteroatoms. The highest BCUT2D eigenvalue weighted by Gasteiger charge is 1.99. The molecule has 0 N–H and O–H groups in total. The maximum atomic E-state index is 4.11. The average Bonchev–Trinajstić information content (AvgIpc) is 2.31. The van der Waals surface area contributed by atoms with Gasteiger partial charge in [0, 0.05) is 0 Å². The van der Waals surface area contributed by atoms with E-state index in [0.29, 0.717) is 0 Å². The smallest absolute Gasteiger partial charge is 0.0111 e. The molecule has 0 unspecified atom stereocenters. The van der Waals surface area contributed by atoms with Crippen molar-refractivity contribution in [3.8, 4) is 11.1 Å². The Morgan fingerprint density at radius 3 is 2.20 bits per heavy atom. The Morgan fingerprint density at radius 1 is 0.800 bits per heavy atom. The third-order valence-electron chi connectivity index (χ3n) is 2.30. The van der Waals surface area contributed by atoms with Gasteiger partial charge in [-0.2, -0.15) is 12.6 Å². The third-order valence-corrected chi connectivity index (χ3v) is 2.45. The van der Waals surface area contributed by atoms with E-state index in [1.54, 1.807) is 5.41 Å². The molecule has 74 valence electrons. The highest BCUT2D eigenvalue weighted by Crippen LogP contribution is 2.24. The van der Waals surface area contributed by atoms with E-state index in [0.717, 1.165) is 0 Å². The summed E-state index contributed by atoms with van der Waals surface area (Å²) in [7, 11) is 0. The van der Waals surface area contributed by atoms with Gasteiger partial charge in [0.05, 0.1) is 0 Å². The molecule has 0 heterocycles. The second kappa shape index (κ2) is 4.85. The molecule has 0 saturated heterocycles. The van der Waals surface area contributed by atoms with E-state index in [4.69, 9.17) is 0 Å². The van der Waals surface area contributed by atoms with Crippen molar-refractivity contribution in [1.29, 1.82) is 0 Å². The molecule has 2 aromatic carbocycles. The summed E-state index contributed by atoms with van der Waals surface area (Å²) in [5.74, 6) is 0. The van der Waals surface area contributed by atoms with Crippen molar-refractivity contribution < 1.29 is 0 Å². The summed E-state index contributed by atoms with van der Waals surface area (Å²) in [5, 5.41) is 1.77. The number of rotatable bonds is 2. The minimum Gasteiger partial charge on any atom is -0.151 e. The molecule has 0 fully saturated rings. The molecule has 0 radical (unpaired) electrons. The van der Waals surface area contributed by atoms with Crippen molar-refractivity contribution >= 4 is 18.7 Å². The first kappa shape index (κ1) is 10.1. The van der Waals surface area contributed by atoms with Crippen molar-refractivity contribution in [1.82, 2.24) is 0 Å². The van der Waals surface area contributed by atoms with Crippen molar-refractivity contribution in [2.75, 3.05) is 0 Å². The lowest BCUT2D eigenvalue weighted by atomic mass is 10.00. The Balaban J connectivity index is 2.53. The monoisotopic (exact) mass is 212 g/mol. The Kier molecular flexibility index (Phi) is 3.25. The van der Waals surface area contributed by atoms with Gasteiger partial charge in [-0.3, -0.25) is 0 Å². The second-order valence-corrected chi connectivity index (χ2v) is 3.57. The lowest BCUT2D eigenvalue weighted by Crippen LogP contribution is -1.81. The van der Waals surface area contributed by atoms with E-state index >= 15 is 0 Å². The molecule has 0 spiro atoms. The van der Waals surface area contributed by atoms with Crippen LogP contribution in [0.3, 0.4) is 0 Å². The maximum Gasteiger partial charge on any atom is -0.0111 e. The van der Waals surface area contributed by atoms with Crippen LogP contribution in [-0.2, 0) is 0 Å². The lowest BCUT2D eigenvalue weighted by Gasteiger charge is -2.05. The lowest BCUT2D eigenvalue weighted by molar-refractivity contribution is 1.59. The van der Waals surface area contributed by atoms with Crippen LogP contribution in [0.25, 0.3) is 17.2 Å². The van der Waals surface area contributed by atoms with Gasteiger partial charge < -0.3 is 0 Å². The van der Waals surface area contributed by atoms with Crippen LogP contribution in [0.5, 0.6) is 0 Å². The number of hydrogen-bond donors (Lipinski definition) is 1. The van der Waals surface area contributed by atoms with Gasteiger partial charge in [0.25, 0.3) is 0 Å². The van der Waals surface area contributed by atoms with Crippen LogP contribution >= 0.6 is 12.6 Å². The Labute approximate surface area is 95.7 Å². The van der Waals surface area contributed by atoms with Gasteiger partial charge in [0.15, 0.2) is 0 Å². The standard InChI is InChI=1S/C14H12S/c15-11-10-13-8-4-5-9-14(13)12-6-2-1-3-7-12/h1-11,15H/b11-10-. The van der Waals surface area contributed by atoms with Crippen molar-refractivity contribution in [2.24, 2.45) is 0 Å². The molecule has 2 aromatic rings. The molecular weight excluding hydrogens is 200 g/mol. The van der Waals surface area contributed by atoms with Crippen LogP contribution < -0.4 is 0 Å². The Morgan fingerprint density at radius 2 is 1.47 bits per heavy atom. The highest BCUT2D eigenvalue weighted by atomic mass is 32.1.